The smallest absolute Gasteiger partial charge is 0.251 e. The van der Waals surface area contributed by atoms with Crippen molar-refractivity contribution < 1.29 is 13.2 Å². The van der Waals surface area contributed by atoms with Crippen LogP contribution in [0.25, 0.3) is 0 Å². The molecule has 0 radical (unpaired) electrons. The average Bonchev–Trinajstić information content (AvgIpc) is 2.70. The highest BCUT2D eigenvalue weighted by Gasteiger charge is 2.30. The number of amides is 1. The van der Waals surface area contributed by atoms with Crippen molar-refractivity contribution in [1.29, 1.82) is 0 Å². The Labute approximate surface area is 171 Å². The molecule has 2 aromatic carbocycles. The summed E-state index contributed by atoms with van der Waals surface area (Å²) in [5.41, 5.74) is 3.92. The Bertz CT molecular complexity index is 1130. The van der Waals surface area contributed by atoms with Crippen LogP contribution in [0.2, 0.25) is 0 Å². The predicted octanol–water partition coefficient (Wildman–Crippen LogP) is 3.95. The molecular formula is C23H24N2O3S. The van der Waals surface area contributed by atoms with Crippen molar-refractivity contribution in [3.05, 3.63) is 94.8 Å². The predicted molar refractivity (Wildman–Crippen MR) is 114 cm³/mol. The van der Waals surface area contributed by atoms with Crippen molar-refractivity contribution in [2.24, 2.45) is 0 Å². The number of aromatic nitrogens is 1. The molecule has 0 saturated carbocycles. The molecule has 5 nitrogen and oxygen atoms in total. The van der Waals surface area contributed by atoms with Crippen molar-refractivity contribution in [2.75, 3.05) is 6.54 Å². The molecule has 0 spiro atoms. The number of benzene rings is 2. The van der Waals surface area contributed by atoms with E-state index in [-0.39, 0.29) is 17.3 Å². The van der Waals surface area contributed by atoms with Crippen molar-refractivity contribution in [3.8, 4) is 0 Å². The van der Waals surface area contributed by atoms with Gasteiger partial charge in [-0.15, -0.1) is 0 Å². The molecule has 1 N–H and O–H groups in total. The second kappa shape index (κ2) is 8.57. The highest BCUT2D eigenvalue weighted by molar-refractivity contribution is 7.91. The number of nitrogens with one attached hydrogen (secondary N) is 1. The van der Waals surface area contributed by atoms with Crippen LogP contribution in [0.3, 0.4) is 0 Å². The normalized spacial score (nSPS) is 12.4. The van der Waals surface area contributed by atoms with Gasteiger partial charge in [-0.1, -0.05) is 29.8 Å². The van der Waals surface area contributed by atoms with Crippen LogP contribution in [0.4, 0.5) is 0 Å². The van der Waals surface area contributed by atoms with E-state index in [1.165, 1.54) is 6.20 Å². The highest BCUT2D eigenvalue weighted by atomic mass is 32.2. The number of hydrogen-bond acceptors (Lipinski definition) is 4. The molecule has 6 heteroatoms. The van der Waals surface area contributed by atoms with Gasteiger partial charge in [0.25, 0.3) is 5.91 Å². The third kappa shape index (κ3) is 4.71. The maximum atomic E-state index is 13.4. The number of pyridine rings is 1. The molecule has 0 aliphatic carbocycles. The molecule has 0 saturated heterocycles. The molecule has 1 amide bonds. The molecule has 29 heavy (non-hydrogen) atoms. The summed E-state index contributed by atoms with van der Waals surface area (Å²) in [6.07, 6.45) is 3.12. The fourth-order valence-electron chi connectivity index (χ4n) is 3.10. The zero-order chi connectivity index (χ0) is 21.0. The Hall–Kier alpha value is -2.99. The lowest BCUT2D eigenvalue weighted by Crippen LogP contribution is -2.32. The van der Waals surface area contributed by atoms with E-state index in [1.54, 1.807) is 54.7 Å². The van der Waals surface area contributed by atoms with Crippen LogP contribution < -0.4 is 5.32 Å². The van der Waals surface area contributed by atoms with Crippen molar-refractivity contribution in [1.82, 2.24) is 10.3 Å². The third-order valence-electron chi connectivity index (χ3n) is 4.97. The summed E-state index contributed by atoms with van der Waals surface area (Å²) < 4.78 is 26.8. The van der Waals surface area contributed by atoms with Crippen molar-refractivity contribution >= 4 is 15.7 Å². The molecule has 1 atom stereocenters. The second-order valence-electron chi connectivity index (χ2n) is 7.15. The van der Waals surface area contributed by atoms with Gasteiger partial charge in [0.1, 0.15) is 5.25 Å². The number of carbonyl (C=O) groups is 1. The SMILES string of the molecule is Cc1cccc(C(=O)NC[C@H](c2cccnc2)S(=O)(=O)c2ccc(C)c(C)c2)c1. The third-order valence-corrected chi connectivity index (χ3v) is 7.06. The molecule has 150 valence electrons. The van der Waals surface area contributed by atoms with Crippen LogP contribution in [-0.2, 0) is 9.84 Å². The van der Waals surface area contributed by atoms with Gasteiger partial charge >= 0.3 is 0 Å². The largest absolute Gasteiger partial charge is 0.350 e. The minimum Gasteiger partial charge on any atom is -0.350 e. The van der Waals surface area contributed by atoms with E-state index in [2.05, 4.69) is 10.3 Å². The number of carbonyl (C=O) groups excluding carboxylic acids is 1. The molecule has 3 rings (SSSR count). The molecule has 0 fully saturated rings. The maximum absolute atomic E-state index is 13.4. The summed E-state index contributed by atoms with van der Waals surface area (Å²) in [5, 5.41) is 1.84. The lowest BCUT2D eigenvalue weighted by Gasteiger charge is -2.19. The summed E-state index contributed by atoms with van der Waals surface area (Å²) in [6.45, 7) is 5.67. The van der Waals surface area contributed by atoms with Crippen LogP contribution in [0, 0.1) is 20.8 Å². The summed E-state index contributed by atoms with van der Waals surface area (Å²) in [4.78, 5) is 16.9. The van der Waals surface area contributed by atoms with E-state index in [9.17, 15) is 13.2 Å². The second-order valence-corrected chi connectivity index (χ2v) is 9.28. The number of sulfone groups is 1. The number of hydrogen-bond donors (Lipinski definition) is 1. The summed E-state index contributed by atoms with van der Waals surface area (Å²) in [6, 6.07) is 15.7. The first-order chi connectivity index (χ1) is 13.8. The van der Waals surface area contributed by atoms with Crippen molar-refractivity contribution in [3.63, 3.8) is 0 Å². The molecule has 0 unspecified atom stereocenters. The Balaban J connectivity index is 1.93. The molecule has 1 heterocycles. The Morgan fingerprint density at radius 2 is 1.79 bits per heavy atom. The first-order valence-electron chi connectivity index (χ1n) is 9.35. The zero-order valence-corrected chi connectivity index (χ0v) is 17.5. The van der Waals surface area contributed by atoms with E-state index in [1.807, 2.05) is 26.8 Å². The van der Waals surface area contributed by atoms with Gasteiger partial charge in [0.2, 0.25) is 0 Å². The fourth-order valence-corrected chi connectivity index (χ4v) is 4.83. The highest BCUT2D eigenvalue weighted by Crippen LogP contribution is 2.29. The topological polar surface area (TPSA) is 76.1 Å². The lowest BCUT2D eigenvalue weighted by molar-refractivity contribution is 0.0953. The Morgan fingerprint density at radius 3 is 2.45 bits per heavy atom. The van der Waals surface area contributed by atoms with Crippen molar-refractivity contribution in [2.45, 2.75) is 30.9 Å². The van der Waals surface area contributed by atoms with Crippen LogP contribution in [0.1, 0.15) is 37.9 Å². The van der Waals surface area contributed by atoms with Crippen LogP contribution in [0.5, 0.6) is 0 Å². The van der Waals surface area contributed by atoms with Gasteiger partial charge in [-0.05, 0) is 67.8 Å². The summed E-state index contributed by atoms with van der Waals surface area (Å²) in [5.74, 6) is -0.308. The number of rotatable bonds is 6. The molecule has 0 aliphatic rings. The summed E-state index contributed by atoms with van der Waals surface area (Å²) in [7, 11) is -3.73. The number of nitrogens with zero attached hydrogens (tertiary/aromatic N) is 1. The van der Waals surface area contributed by atoms with Crippen LogP contribution in [0.15, 0.2) is 71.9 Å². The van der Waals surface area contributed by atoms with E-state index in [0.717, 1.165) is 16.7 Å². The zero-order valence-electron chi connectivity index (χ0n) is 16.7. The van der Waals surface area contributed by atoms with Gasteiger partial charge in [-0.2, -0.15) is 0 Å². The van der Waals surface area contributed by atoms with Gasteiger partial charge in [-0.3, -0.25) is 9.78 Å². The minimum atomic E-state index is -3.73. The quantitative estimate of drug-likeness (QED) is 0.670. The van der Waals surface area contributed by atoms with Crippen LogP contribution in [-0.4, -0.2) is 25.9 Å². The van der Waals surface area contributed by atoms with E-state index < -0.39 is 15.1 Å². The average molecular weight is 409 g/mol. The Kier molecular flexibility index (Phi) is 6.13. The molecule has 0 aliphatic heterocycles. The van der Waals surface area contributed by atoms with E-state index >= 15 is 0 Å². The maximum Gasteiger partial charge on any atom is 0.251 e. The van der Waals surface area contributed by atoms with Gasteiger partial charge in [0, 0.05) is 24.5 Å². The molecular weight excluding hydrogens is 384 g/mol. The van der Waals surface area contributed by atoms with Gasteiger partial charge in [0.05, 0.1) is 4.90 Å². The summed E-state index contributed by atoms with van der Waals surface area (Å²) >= 11 is 0. The Morgan fingerprint density at radius 1 is 1.00 bits per heavy atom. The van der Waals surface area contributed by atoms with Gasteiger partial charge < -0.3 is 5.32 Å². The molecule has 0 bridgehead atoms. The lowest BCUT2D eigenvalue weighted by atomic mass is 10.1. The first kappa shape index (κ1) is 20.7. The molecule has 3 aromatic rings. The van der Waals surface area contributed by atoms with Gasteiger partial charge in [-0.25, -0.2) is 8.42 Å². The van der Waals surface area contributed by atoms with E-state index in [4.69, 9.17) is 0 Å². The molecule has 1 aromatic heterocycles. The van der Waals surface area contributed by atoms with Crippen LogP contribution >= 0.6 is 0 Å². The number of aryl methyl sites for hydroxylation is 3. The first-order valence-corrected chi connectivity index (χ1v) is 10.9. The van der Waals surface area contributed by atoms with E-state index in [0.29, 0.717) is 11.1 Å². The minimum absolute atomic E-state index is 0.0479. The standard InChI is InChI=1S/C23H24N2O3S/c1-16-6-4-7-19(12-16)23(26)25-15-22(20-8-5-11-24-14-20)29(27,28)21-10-9-17(2)18(3)13-21/h4-14,22H,15H2,1-3H3,(H,25,26)/t22-/m1/s1. The fraction of sp³-hybridized carbons (Fsp3) is 0.217. The van der Waals surface area contributed by atoms with Gasteiger partial charge in [0.15, 0.2) is 9.84 Å². The monoisotopic (exact) mass is 408 g/mol.